The predicted octanol–water partition coefficient (Wildman–Crippen LogP) is 15.8. The van der Waals surface area contributed by atoms with E-state index >= 15 is 0 Å². The van der Waals surface area contributed by atoms with Gasteiger partial charge in [0.25, 0.3) is 0 Å². The summed E-state index contributed by atoms with van der Waals surface area (Å²) < 4.78 is 7.01. The monoisotopic (exact) mass is 813 g/mol. The maximum absolute atomic E-state index is 7.01. The molecule has 2 nitrogen and oxygen atoms in total. The molecule has 0 unspecified atom stereocenters. The van der Waals surface area contributed by atoms with Crippen molar-refractivity contribution in [3.63, 3.8) is 0 Å². The van der Waals surface area contributed by atoms with Crippen LogP contribution in [-0.2, 0) is 10.8 Å². The van der Waals surface area contributed by atoms with Crippen molar-refractivity contribution >= 4 is 39.0 Å². The van der Waals surface area contributed by atoms with E-state index in [1.54, 1.807) is 0 Å². The van der Waals surface area contributed by atoms with Crippen molar-refractivity contribution in [3.05, 3.63) is 281 Å². The summed E-state index contributed by atoms with van der Waals surface area (Å²) in [6, 6.07) is 87.6. The number of hydrogen-bond donors (Lipinski definition) is 0. The summed E-state index contributed by atoms with van der Waals surface area (Å²) >= 11 is 0. The van der Waals surface area contributed by atoms with Gasteiger partial charge in [0, 0.05) is 21.9 Å². The molecule has 64 heavy (non-hydrogen) atoms. The van der Waals surface area contributed by atoms with Crippen LogP contribution in [0.15, 0.2) is 241 Å². The molecule has 0 amide bonds. The molecular weight excluding hydrogens is 775 g/mol. The molecule has 2 heteroatoms. The van der Waals surface area contributed by atoms with Gasteiger partial charge < -0.3 is 9.32 Å². The zero-order chi connectivity index (χ0) is 42.0. The third-order valence-electron chi connectivity index (χ3n) is 14.6. The molecule has 0 N–H and O–H groups in total. The van der Waals surface area contributed by atoms with Crippen molar-refractivity contribution in [1.82, 2.24) is 0 Å². The van der Waals surface area contributed by atoms with Gasteiger partial charge in [-0.15, -0.1) is 0 Å². The standard InChI is InChI=1S/C62H39NO/c1-3-20-40(21-4-1)61(41-22-5-2-6-23-41)50-32-14-9-27-46(50)58-52(61)34-18-36-54(58)63(56-38-17-29-45-44-26-11-16-39-57(44)64-60(45)56)55-37-19-35-53-59(55)47-28-10-15-33-51(47)62(53)48-30-12-7-24-42(48)43-25-8-13-31-49(43)62/h1-39H. The lowest BCUT2D eigenvalue weighted by molar-refractivity contribution is 0.669. The van der Waals surface area contributed by atoms with Crippen molar-refractivity contribution in [3.8, 4) is 33.4 Å². The summed E-state index contributed by atoms with van der Waals surface area (Å²) in [4.78, 5) is 2.54. The van der Waals surface area contributed by atoms with Crippen LogP contribution in [-0.4, -0.2) is 0 Å². The minimum Gasteiger partial charge on any atom is -0.454 e. The highest BCUT2D eigenvalue weighted by molar-refractivity contribution is 6.12. The van der Waals surface area contributed by atoms with E-state index in [1.165, 1.54) is 77.9 Å². The van der Waals surface area contributed by atoms with Crippen LogP contribution in [0.4, 0.5) is 17.1 Å². The van der Waals surface area contributed by atoms with Crippen molar-refractivity contribution in [2.24, 2.45) is 0 Å². The van der Waals surface area contributed by atoms with Gasteiger partial charge in [-0.2, -0.15) is 0 Å². The highest BCUT2D eigenvalue weighted by Crippen LogP contribution is 2.66. The van der Waals surface area contributed by atoms with Gasteiger partial charge >= 0.3 is 0 Å². The van der Waals surface area contributed by atoms with E-state index in [2.05, 4.69) is 241 Å². The van der Waals surface area contributed by atoms with E-state index < -0.39 is 10.8 Å². The van der Waals surface area contributed by atoms with E-state index in [0.717, 1.165) is 39.0 Å². The van der Waals surface area contributed by atoms with Crippen LogP contribution < -0.4 is 4.90 Å². The second-order valence-corrected chi connectivity index (χ2v) is 17.4. The van der Waals surface area contributed by atoms with Gasteiger partial charge in [0.1, 0.15) is 5.58 Å². The third kappa shape index (κ3) is 4.39. The molecule has 0 aliphatic heterocycles. The lowest BCUT2D eigenvalue weighted by atomic mass is 9.68. The van der Waals surface area contributed by atoms with Crippen LogP contribution in [0.1, 0.15) is 44.5 Å². The van der Waals surface area contributed by atoms with Crippen LogP contribution in [0.3, 0.4) is 0 Å². The number of furan rings is 1. The Balaban J connectivity index is 1.14. The fourth-order valence-electron chi connectivity index (χ4n) is 12.3. The molecular formula is C62H39NO. The van der Waals surface area contributed by atoms with Gasteiger partial charge in [0.15, 0.2) is 5.58 Å². The van der Waals surface area contributed by atoms with Gasteiger partial charge in [-0.05, 0) is 91.0 Å². The van der Waals surface area contributed by atoms with Crippen molar-refractivity contribution in [2.75, 3.05) is 4.90 Å². The van der Waals surface area contributed by atoms with Crippen LogP contribution in [0, 0.1) is 0 Å². The molecule has 1 spiro atoms. The minimum atomic E-state index is -0.561. The zero-order valence-electron chi connectivity index (χ0n) is 34.9. The molecule has 0 bridgehead atoms. The Morgan fingerprint density at radius 2 is 0.672 bits per heavy atom. The topological polar surface area (TPSA) is 16.4 Å². The van der Waals surface area contributed by atoms with E-state index in [4.69, 9.17) is 4.42 Å². The number of hydrogen-bond acceptors (Lipinski definition) is 2. The molecule has 298 valence electrons. The van der Waals surface area contributed by atoms with Crippen molar-refractivity contribution < 1.29 is 4.42 Å². The van der Waals surface area contributed by atoms with Gasteiger partial charge in [-0.1, -0.05) is 212 Å². The smallest absolute Gasteiger partial charge is 0.159 e. The molecule has 14 rings (SSSR count). The first kappa shape index (κ1) is 35.4. The molecule has 0 radical (unpaired) electrons. The predicted molar refractivity (Wildman–Crippen MR) is 262 cm³/mol. The zero-order valence-corrected chi connectivity index (χ0v) is 34.9. The SMILES string of the molecule is c1ccc(C2(c3ccccc3)c3ccccc3-c3c(N(c4cccc5c4-c4ccccc4C54c5ccccc5-c5ccccc54)c4cccc5c4oc4ccccc45)cccc32)cc1. The van der Waals surface area contributed by atoms with Gasteiger partial charge in [0.2, 0.25) is 0 Å². The van der Waals surface area contributed by atoms with Crippen LogP contribution >= 0.6 is 0 Å². The molecule has 10 aromatic carbocycles. The van der Waals surface area contributed by atoms with Gasteiger partial charge in [0.05, 0.1) is 27.9 Å². The quantitative estimate of drug-likeness (QED) is 0.172. The number of rotatable bonds is 5. The maximum atomic E-state index is 7.01. The Kier molecular flexibility index (Phi) is 7.28. The number of nitrogens with zero attached hydrogens (tertiary/aromatic N) is 1. The summed E-state index contributed by atoms with van der Waals surface area (Å²) in [7, 11) is 0. The molecule has 11 aromatic rings. The third-order valence-corrected chi connectivity index (χ3v) is 14.6. The lowest BCUT2D eigenvalue weighted by Gasteiger charge is -2.35. The van der Waals surface area contributed by atoms with Gasteiger partial charge in [-0.25, -0.2) is 0 Å². The average Bonchev–Trinajstić information content (AvgIpc) is 4.08. The summed E-state index contributed by atoms with van der Waals surface area (Å²) in [5, 5.41) is 2.20. The van der Waals surface area contributed by atoms with Crippen molar-refractivity contribution in [2.45, 2.75) is 10.8 Å². The fourth-order valence-corrected chi connectivity index (χ4v) is 12.3. The van der Waals surface area contributed by atoms with Crippen molar-refractivity contribution in [1.29, 1.82) is 0 Å². The Hall–Kier alpha value is -8.20. The molecule has 1 aromatic heterocycles. The van der Waals surface area contributed by atoms with E-state index in [0.29, 0.717) is 0 Å². The summed E-state index contributed by atoms with van der Waals surface area (Å²) in [6.07, 6.45) is 0. The maximum Gasteiger partial charge on any atom is 0.159 e. The Labute approximate surface area is 372 Å². The second-order valence-electron chi connectivity index (χ2n) is 17.4. The first-order chi connectivity index (χ1) is 31.8. The van der Waals surface area contributed by atoms with Gasteiger partial charge in [-0.3, -0.25) is 0 Å². The van der Waals surface area contributed by atoms with E-state index in [9.17, 15) is 0 Å². The fraction of sp³-hybridized carbons (Fsp3) is 0.0323. The molecule has 0 saturated carbocycles. The minimum absolute atomic E-state index is 0.493. The number of para-hydroxylation sites is 2. The second kappa shape index (κ2) is 13.2. The normalized spacial score (nSPS) is 14.2. The Bertz CT molecular complexity index is 3510. The summed E-state index contributed by atoms with van der Waals surface area (Å²) in [5.74, 6) is 0. The molecule has 0 saturated heterocycles. The molecule has 0 fully saturated rings. The Morgan fingerprint density at radius 3 is 1.25 bits per heavy atom. The number of anilines is 3. The average molecular weight is 814 g/mol. The van der Waals surface area contributed by atoms with E-state index in [1.807, 2.05) is 0 Å². The summed E-state index contributed by atoms with van der Waals surface area (Å²) in [6.45, 7) is 0. The first-order valence-electron chi connectivity index (χ1n) is 22.3. The first-order valence-corrected chi connectivity index (χ1v) is 22.3. The van der Waals surface area contributed by atoms with Crippen LogP contribution in [0.2, 0.25) is 0 Å². The molecule has 1 heterocycles. The molecule has 3 aliphatic rings. The largest absolute Gasteiger partial charge is 0.454 e. The highest BCUT2D eigenvalue weighted by atomic mass is 16.3. The van der Waals surface area contributed by atoms with Crippen LogP contribution in [0.25, 0.3) is 55.3 Å². The summed E-state index contributed by atoms with van der Waals surface area (Å²) in [5.41, 5.74) is 21.7. The lowest BCUT2D eigenvalue weighted by Crippen LogP contribution is -2.28. The Morgan fingerprint density at radius 1 is 0.281 bits per heavy atom. The highest BCUT2D eigenvalue weighted by Gasteiger charge is 2.53. The number of fused-ring (bicyclic) bond motifs is 16. The number of benzene rings is 10. The van der Waals surface area contributed by atoms with Crippen LogP contribution in [0.5, 0.6) is 0 Å². The molecule has 0 atom stereocenters. The molecule has 3 aliphatic carbocycles. The van der Waals surface area contributed by atoms with E-state index in [-0.39, 0.29) is 0 Å².